The molecule has 0 fully saturated rings. The first-order chi connectivity index (χ1) is 40.0. The predicted octanol–water partition coefficient (Wildman–Crippen LogP) is 12.1. The fourth-order valence-corrected chi connectivity index (χ4v) is 21.7. The van der Waals surface area contributed by atoms with Crippen LogP contribution >= 0.6 is 0 Å². The molecule has 0 aliphatic heterocycles. The summed E-state index contributed by atoms with van der Waals surface area (Å²) < 4.78 is 21.8. The molecular weight excluding hydrogens is 1190 g/mol. The maximum atomic E-state index is 13.5. The molecule has 0 aromatic heterocycles. The average molecular weight is 1290 g/mol. The number of ether oxygens (including phenoxy) is 3. The molecule has 0 aliphatic carbocycles. The molecule has 0 radical (unpaired) electrons. The van der Waals surface area contributed by atoms with Crippen LogP contribution in [-0.2, 0) is 55.9 Å². The number of urea groups is 1. The Labute approximate surface area is 513 Å². The molecule has 0 aliphatic rings. The van der Waals surface area contributed by atoms with E-state index in [1.54, 1.807) is 88.7 Å². The number of ketones is 1. The van der Waals surface area contributed by atoms with Gasteiger partial charge in [0, 0.05) is 43.5 Å². The number of carbonyl (C=O) groups is 7. The van der Waals surface area contributed by atoms with Crippen molar-refractivity contribution < 1.29 is 57.4 Å². The van der Waals surface area contributed by atoms with E-state index in [0.29, 0.717) is 43.5 Å². The first kappa shape index (κ1) is 76.9. The summed E-state index contributed by atoms with van der Waals surface area (Å²) in [4.78, 5) is 109. The van der Waals surface area contributed by atoms with E-state index in [1.165, 1.54) is 38.5 Å². The maximum Gasteiger partial charge on any atom is 0.373 e. The Balaban J connectivity index is 0.00000184. The Kier molecular flexibility index (Phi) is 37.2. The minimum Gasteiger partial charge on any atom is -0.484 e. The van der Waals surface area contributed by atoms with E-state index in [2.05, 4.69) is 73.1 Å². The van der Waals surface area contributed by atoms with Gasteiger partial charge in [-0.15, -0.1) is 0 Å². The van der Waals surface area contributed by atoms with Crippen molar-refractivity contribution >= 4 is 66.0 Å². The Hall–Kier alpha value is -6.07. The quantitative estimate of drug-likeness (QED) is 0.0213. The van der Waals surface area contributed by atoms with Gasteiger partial charge in [-0.2, -0.15) is 9.59 Å². The van der Waals surface area contributed by atoms with Crippen molar-refractivity contribution in [2.24, 2.45) is 11.3 Å². The summed E-state index contributed by atoms with van der Waals surface area (Å²) in [5, 5.41) is 14.4. The number of amides is 5. The van der Waals surface area contributed by atoms with E-state index in [9.17, 15) is 33.6 Å². The summed E-state index contributed by atoms with van der Waals surface area (Å²) in [6.07, 6.45) is 12.0. The van der Waals surface area contributed by atoms with Gasteiger partial charge in [-0.05, 0) is 121 Å². The molecule has 3 aromatic rings. The number of benzene rings is 3. The molecule has 3 rings (SSSR count). The largest absolute Gasteiger partial charge is 0.484 e. The monoisotopic (exact) mass is 1290 g/mol. The number of esters is 2. The van der Waals surface area contributed by atoms with Crippen LogP contribution < -0.4 is 31.3 Å². The van der Waals surface area contributed by atoms with Gasteiger partial charge in [0.15, 0.2) is 12.4 Å². The molecular formula is C67H105N5O12Sn. The van der Waals surface area contributed by atoms with Gasteiger partial charge in [0.1, 0.15) is 23.0 Å². The van der Waals surface area contributed by atoms with Gasteiger partial charge in [-0.3, -0.25) is 28.8 Å². The summed E-state index contributed by atoms with van der Waals surface area (Å²) in [6.45, 7) is 25.5. The molecule has 4 atom stereocenters. The van der Waals surface area contributed by atoms with Crippen molar-refractivity contribution in [1.29, 1.82) is 0 Å². The minimum absolute atomic E-state index is 0.142. The van der Waals surface area contributed by atoms with Crippen LogP contribution in [0.4, 0.5) is 4.79 Å². The second kappa shape index (κ2) is 41.1. The number of hydrogen-bond donors (Lipinski definition) is 5. The average Bonchev–Trinajstić information content (AvgIpc) is 3.45. The SMILES string of the molecule is CCC[CH2][Sn]([CH3])([CH2]CCC)[CH2]CCC.C[C@H](CCC(=O)OC(C)(C)C)NC(=O)N[C@@H](CCCCNC(=O)[C@H](Cc1ccccc1)NC(=O)COc1ccc(C[C@H](CC(=O)CNC(=O)c2ccccc2)C(=O)OC(C)(C)C)cc1)C(C)(C)C.O=C=O. The van der Waals surface area contributed by atoms with Gasteiger partial charge in [0.05, 0.1) is 12.5 Å². The molecule has 5 N–H and O–H groups in total. The van der Waals surface area contributed by atoms with Crippen LogP contribution in [0.3, 0.4) is 0 Å². The van der Waals surface area contributed by atoms with Crippen LogP contribution in [0.1, 0.15) is 189 Å². The van der Waals surface area contributed by atoms with E-state index in [1.807, 2.05) is 58.0 Å². The van der Waals surface area contributed by atoms with Gasteiger partial charge < -0.3 is 40.8 Å². The van der Waals surface area contributed by atoms with E-state index < -0.39 is 53.4 Å². The van der Waals surface area contributed by atoms with Crippen molar-refractivity contribution in [3.8, 4) is 5.75 Å². The number of Topliss-reactive ketones (excluding diaryl/α,β-unsaturated/α-hetero) is 1. The van der Waals surface area contributed by atoms with Gasteiger partial charge in [-0.1, -0.05) is 81.4 Å². The van der Waals surface area contributed by atoms with Gasteiger partial charge in [0.25, 0.3) is 11.8 Å². The number of unbranched alkanes of at least 4 members (excludes halogenated alkanes) is 4. The number of nitrogens with one attached hydrogen (secondary N) is 5. The number of rotatable bonds is 34. The molecule has 0 unspecified atom stereocenters. The van der Waals surface area contributed by atoms with E-state index in [0.717, 1.165) is 11.1 Å². The second-order valence-electron chi connectivity index (χ2n) is 25.5. The molecule has 3 aromatic carbocycles. The number of carbonyl (C=O) groups excluding carboxylic acids is 9. The van der Waals surface area contributed by atoms with Crippen LogP contribution in [0, 0.1) is 11.3 Å². The van der Waals surface area contributed by atoms with Crippen LogP contribution in [-0.4, -0.2) is 115 Å². The maximum absolute atomic E-state index is 13.5. The van der Waals surface area contributed by atoms with Crippen molar-refractivity contribution in [2.45, 2.75) is 227 Å². The van der Waals surface area contributed by atoms with E-state index in [4.69, 9.17) is 23.8 Å². The fraction of sp³-hybridized carbons (Fsp3) is 0.612. The molecule has 0 bridgehead atoms. The first-order valence-corrected chi connectivity index (χ1v) is 39.6. The third-order valence-corrected chi connectivity index (χ3v) is 27.3. The topological polar surface area (TPSA) is 241 Å². The van der Waals surface area contributed by atoms with Crippen LogP contribution in [0.25, 0.3) is 0 Å². The summed E-state index contributed by atoms with van der Waals surface area (Å²) in [6, 6.07) is 23.1. The molecule has 18 heteroatoms. The summed E-state index contributed by atoms with van der Waals surface area (Å²) in [5.41, 5.74) is 0.433. The molecule has 0 saturated heterocycles. The first-order valence-electron chi connectivity index (χ1n) is 30.7. The molecule has 85 heavy (non-hydrogen) atoms. The smallest absolute Gasteiger partial charge is 0.373 e. The number of hydrogen-bond acceptors (Lipinski definition) is 12. The Morgan fingerprint density at radius 1 is 0.612 bits per heavy atom. The summed E-state index contributed by atoms with van der Waals surface area (Å²) >= 11 is -1.56. The van der Waals surface area contributed by atoms with Gasteiger partial charge in [-0.25, -0.2) is 4.79 Å². The zero-order valence-corrected chi connectivity index (χ0v) is 56.8. The van der Waals surface area contributed by atoms with Gasteiger partial charge >= 0.3 is 120 Å². The van der Waals surface area contributed by atoms with Gasteiger partial charge in [0.2, 0.25) is 5.91 Å². The molecule has 0 saturated carbocycles. The zero-order valence-electron chi connectivity index (χ0n) is 53.9. The van der Waals surface area contributed by atoms with Crippen molar-refractivity contribution in [2.75, 3.05) is 19.7 Å². The standard InChI is InChI=1S/C53H75N5O10.3C4H9.CO2.CH3.Sn/c1-36(24-29-46(61)67-52(5,6)7)56-50(65)58-44(51(2,3)4)23-17-18-30-54-48(63)43(32-37-19-13-11-14-20-37)57-45(60)35-66-42-27-25-38(26-28-42)31-40(49(64)68-53(8,9)10)33-41(59)34-55-47(62)39-21-15-12-16-22-39;3*1-3-4-2;2-1-3;;/h11-16,19-22,25-28,36,40,43-44H,17-18,23-24,29-35H2,1-10H3,(H,54,63)(H,55,62)(H,57,60)(H2,56,58,65);3*1,3-4H2,2H3;;1H3;/t36-,40-,43+,44+;;;;;;/m1....../s1. The molecule has 17 nitrogen and oxygen atoms in total. The van der Waals surface area contributed by atoms with Crippen molar-refractivity contribution in [3.63, 3.8) is 0 Å². The third kappa shape index (κ3) is 37.2. The molecule has 5 amide bonds. The van der Waals surface area contributed by atoms with Crippen molar-refractivity contribution in [1.82, 2.24) is 26.6 Å². The van der Waals surface area contributed by atoms with Crippen molar-refractivity contribution in [3.05, 3.63) is 102 Å². The fourth-order valence-electron chi connectivity index (χ4n) is 9.23. The minimum atomic E-state index is -1.56. The Morgan fingerprint density at radius 2 is 1.14 bits per heavy atom. The molecule has 474 valence electrons. The van der Waals surface area contributed by atoms with E-state index in [-0.39, 0.29) is 92.1 Å². The van der Waals surface area contributed by atoms with E-state index >= 15 is 0 Å². The Bertz CT molecular complexity index is 2440. The zero-order chi connectivity index (χ0) is 64.1. The van der Waals surface area contributed by atoms with Crippen LogP contribution in [0.15, 0.2) is 84.9 Å². The summed E-state index contributed by atoms with van der Waals surface area (Å²) in [7, 11) is 0. The van der Waals surface area contributed by atoms with Crippen LogP contribution in [0.2, 0.25) is 18.2 Å². The predicted molar refractivity (Wildman–Crippen MR) is 338 cm³/mol. The second-order valence-corrected chi connectivity index (χ2v) is 40.1. The molecule has 0 heterocycles. The Morgan fingerprint density at radius 3 is 1.66 bits per heavy atom. The normalized spacial score (nSPS) is 12.8. The summed E-state index contributed by atoms with van der Waals surface area (Å²) in [5.74, 6) is -2.81. The van der Waals surface area contributed by atoms with Crippen LogP contribution in [0.5, 0.6) is 5.75 Å². The third-order valence-electron chi connectivity index (χ3n) is 14.0. The molecule has 0 spiro atoms.